The fourth-order valence-electron chi connectivity index (χ4n) is 2.15. The maximum atomic E-state index is 11.2. The number of aliphatic hydroxyl groups is 1. The molecule has 1 unspecified atom stereocenters. The minimum Gasteiger partial charge on any atom is -1.00 e. The van der Waals surface area contributed by atoms with E-state index < -0.39 is 29.7 Å². The summed E-state index contributed by atoms with van der Waals surface area (Å²) < 4.78 is 0. The Morgan fingerprint density at radius 3 is 2.41 bits per heavy atom. The number of aliphatic carboxylic acids is 2. The van der Waals surface area contributed by atoms with Gasteiger partial charge in [0.2, 0.25) is 5.78 Å². The Hall–Kier alpha value is -1.67. The summed E-state index contributed by atoms with van der Waals surface area (Å²) in [7, 11) is 0. The first-order valence-electron chi connectivity index (χ1n) is 6.10. The number of carbonyl (C=O) groups is 3. The van der Waals surface area contributed by atoms with Crippen molar-refractivity contribution in [1.29, 1.82) is 0 Å². The number of fused-ring (bicyclic) bond motifs is 1. The van der Waals surface area contributed by atoms with E-state index in [9.17, 15) is 19.5 Å². The molecule has 1 heterocycles. The number of aromatic amines is 1. The van der Waals surface area contributed by atoms with E-state index in [1.807, 2.05) is 0 Å². The molecule has 0 saturated heterocycles. The molecule has 7 nitrogen and oxygen atoms in total. The van der Waals surface area contributed by atoms with Gasteiger partial charge in [0.1, 0.15) is 0 Å². The Kier molecular flexibility index (Phi) is 5.90. The molecule has 0 bridgehead atoms. The van der Waals surface area contributed by atoms with Gasteiger partial charge in [0.15, 0.2) is 5.60 Å². The maximum Gasteiger partial charge on any atom is 1.00 e. The van der Waals surface area contributed by atoms with Gasteiger partial charge in [-0.15, -0.1) is 0 Å². The number of nitrogens with one attached hydrogen (secondary N) is 1. The Labute approximate surface area is 148 Å². The minimum absolute atomic E-state index is 0. The number of carboxylic acid groups (broad SMARTS) is 2. The number of hydrogen-bond donors (Lipinski definition) is 4. The Bertz CT molecular complexity index is 731. The second kappa shape index (κ2) is 7.06. The molecular formula is C14H14NNaO6. The van der Waals surface area contributed by atoms with Crippen molar-refractivity contribution in [2.75, 3.05) is 0 Å². The fourth-order valence-corrected chi connectivity index (χ4v) is 2.15. The van der Waals surface area contributed by atoms with Crippen molar-refractivity contribution in [2.24, 2.45) is 0 Å². The van der Waals surface area contributed by atoms with E-state index in [1.165, 1.54) is 6.20 Å². The summed E-state index contributed by atoms with van der Waals surface area (Å²) in [4.78, 5) is 35.9. The SMILES string of the molecule is O=C(O)C(=O)CC(O)(Cc1c[nH]c2ccccc12)C(=O)O.[H-].[Na+]. The third-order valence-electron chi connectivity index (χ3n) is 3.25. The van der Waals surface area contributed by atoms with Crippen molar-refractivity contribution in [1.82, 2.24) is 4.98 Å². The number of carboxylic acids is 2. The topological polar surface area (TPSA) is 128 Å². The number of carbonyl (C=O) groups excluding carboxylic acids is 1. The average Bonchev–Trinajstić information content (AvgIpc) is 2.81. The Morgan fingerprint density at radius 2 is 1.82 bits per heavy atom. The molecule has 0 radical (unpaired) electrons. The molecule has 1 aromatic carbocycles. The van der Waals surface area contributed by atoms with Crippen LogP contribution in [0.5, 0.6) is 0 Å². The van der Waals surface area contributed by atoms with Crippen LogP contribution in [0.3, 0.4) is 0 Å². The van der Waals surface area contributed by atoms with Gasteiger partial charge in [-0.3, -0.25) is 4.79 Å². The average molecular weight is 315 g/mol. The first-order chi connectivity index (χ1) is 9.83. The molecular weight excluding hydrogens is 301 g/mol. The molecule has 0 saturated carbocycles. The molecule has 0 aliphatic carbocycles. The third kappa shape index (κ3) is 3.75. The molecule has 0 amide bonds. The van der Waals surface area contributed by atoms with Crippen LogP contribution in [0, 0.1) is 0 Å². The van der Waals surface area contributed by atoms with Crippen molar-refractivity contribution in [3.05, 3.63) is 36.0 Å². The van der Waals surface area contributed by atoms with Gasteiger partial charge in [-0.05, 0) is 11.6 Å². The van der Waals surface area contributed by atoms with Gasteiger partial charge in [-0.2, -0.15) is 0 Å². The largest absolute Gasteiger partial charge is 1.00 e. The van der Waals surface area contributed by atoms with Crippen LogP contribution in [0.1, 0.15) is 13.4 Å². The standard InChI is InChI=1S/C14H13NO6.Na.H/c16-11(12(17)18)6-14(21,13(19)20)5-8-7-15-10-4-2-1-3-9(8)10;;/h1-4,7,15,21H,5-6H2,(H,17,18)(H,19,20);;/q;+1;-1. The summed E-state index contributed by atoms with van der Waals surface area (Å²) in [5, 5.41) is 28.5. The van der Waals surface area contributed by atoms with Gasteiger partial charge >= 0.3 is 41.5 Å². The molecule has 0 fully saturated rings. The van der Waals surface area contributed by atoms with Gasteiger partial charge in [0.25, 0.3) is 0 Å². The first kappa shape index (κ1) is 18.4. The summed E-state index contributed by atoms with van der Waals surface area (Å²) in [6.45, 7) is 0. The number of rotatable bonds is 6. The number of benzene rings is 1. The van der Waals surface area contributed by atoms with Crippen LogP contribution in [0.25, 0.3) is 10.9 Å². The van der Waals surface area contributed by atoms with E-state index in [1.54, 1.807) is 24.3 Å². The van der Waals surface area contributed by atoms with E-state index in [2.05, 4.69) is 4.98 Å². The molecule has 0 aliphatic rings. The second-order valence-electron chi connectivity index (χ2n) is 4.78. The summed E-state index contributed by atoms with van der Waals surface area (Å²) in [5.74, 6) is -4.75. The molecule has 1 aromatic heterocycles. The molecule has 2 rings (SSSR count). The predicted octanol–water partition coefficient (Wildman–Crippen LogP) is -2.31. The summed E-state index contributed by atoms with van der Waals surface area (Å²) in [6, 6.07) is 7.06. The van der Waals surface area contributed by atoms with E-state index >= 15 is 0 Å². The molecule has 0 aliphatic heterocycles. The molecule has 1 atom stereocenters. The van der Waals surface area contributed by atoms with Crippen LogP contribution >= 0.6 is 0 Å². The van der Waals surface area contributed by atoms with Crippen molar-refractivity contribution in [3.63, 3.8) is 0 Å². The number of H-pyrrole nitrogens is 1. The predicted molar refractivity (Wildman–Crippen MR) is 73.0 cm³/mol. The molecule has 4 N–H and O–H groups in total. The van der Waals surface area contributed by atoms with Crippen LogP contribution in [0.4, 0.5) is 0 Å². The van der Waals surface area contributed by atoms with E-state index in [0.29, 0.717) is 10.9 Å². The molecule has 8 heteroatoms. The number of para-hydroxylation sites is 1. The second-order valence-corrected chi connectivity index (χ2v) is 4.78. The first-order valence-corrected chi connectivity index (χ1v) is 6.10. The Balaban J connectivity index is 0.00000242. The van der Waals surface area contributed by atoms with Gasteiger partial charge in [-0.25, -0.2) is 9.59 Å². The van der Waals surface area contributed by atoms with E-state index in [0.717, 1.165) is 5.52 Å². The van der Waals surface area contributed by atoms with Crippen LogP contribution in [-0.2, 0) is 20.8 Å². The third-order valence-corrected chi connectivity index (χ3v) is 3.25. The molecule has 22 heavy (non-hydrogen) atoms. The summed E-state index contributed by atoms with van der Waals surface area (Å²) >= 11 is 0. The number of aromatic nitrogens is 1. The fraction of sp³-hybridized carbons (Fsp3) is 0.214. The van der Waals surface area contributed by atoms with Crippen LogP contribution in [0.2, 0.25) is 0 Å². The summed E-state index contributed by atoms with van der Waals surface area (Å²) in [5.41, 5.74) is -1.21. The number of hydrogen-bond acceptors (Lipinski definition) is 4. The van der Waals surface area contributed by atoms with Gasteiger partial charge < -0.3 is 21.7 Å². The van der Waals surface area contributed by atoms with Crippen LogP contribution in [-0.4, -0.2) is 43.6 Å². The molecule has 0 spiro atoms. The minimum atomic E-state index is -2.46. The maximum absolute atomic E-state index is 11.2. The number of ketones is 1. The van der Waals surface area contributed by atoms with Gasteiger partial charge in [-0.1, -0.05) is 18.2 Å². The zero-order valence-corrected chi connectivity index (χ0v) is 13.9. The van der Waals surface area contributed by atoms with E-state index in [-0.39, 0.29) is 37.4 Å². The van der Waals surface area contributed by atoms with Crippen molar-refractivity contribution in [2.45, 2.75) is 18.4 Å². The smallest absolute Gasteiger partial charge is 1.00 e. The quantitative estimate of drug-likeness (QED) is 0.350. The van der Waals surface area contributed by atoms with Crippen molar-refractivity contribution in [3.8, 4) is 0 Å². The van der Waals surface area contributed by atoms with Crippen LogP contribution in [0.15, 0.2) is 30.5 Å². The molecule has 2 aromatic rings. The Morgan fingerprint density at radius 1 is 1.18 bits per heavy atom. The zero-order chi connectivity index (χ0) is 15.6. The summed E-state index contributed by atoms with van der Waals surface area (Å²) in [6.07, 6.45) is 0.173. The van der Waals surface area contributed by atoms with Crippen molar-refractivity contribution < 1.29 is 60.7 Å². The van der Waals surface area contributed by atoms with E-state index in [4.69, 9.17) is 10.2 Å². The van der Waals surface area contributed by atoms with Gasteiger partial charge in [0, 0.05) is 23.5 Å². The number of Topliss-reactive ketones (excluding diaryl/α,β-unsaturated/α-hetero) is 1. The van der Waals surface area contributed by atoms with Crippen LogP contribution < -0.4 is 29.6 Å². The van der Waals surface area contributed by atoms with Gasteiger partial charge in [0.05, 0.1) is 6.42 Å². The molecule has 112 valence electrons. The normalized spacial score (nSPS) is 13.1. The monoisotopic (exact) mass is 315 g/mol. The van der Waals surface area contributed by atoms with Crippen molar-refractivity contribution >= 4 is 28.6 Å². The zero-order valence-electron chi connectivity index (χ0n) is 12.9.